The van der Waals surface area contributed by atoms with Gasteiger partial charge >= 0.3 is 0 Å². The molecule has 0 saturated heterocycles. The molecule has 3 aromatic rings. The van der Waals surface area contributed by atoms with Gasteiger partial charge in [-0.3, -0.25) is 0 Å². The lowest BCUT2D eigenvalue weighted by Crippen LogP contribution is -2.10. The molecule has 0 aliphatic heterocycles. The van der Waals surface area contributed by atoms with Gasteiger partial charge in [0.15, 0.2) is 0 Å². The van der Waals surface area contributed by atoms with Gasteiger partial charge in [0.2, 0.25) is 0 Å². The van der Waals surface area contributed by atoms with Crippen molar-refractivity contribution in [3.05, 3.63) is 46.3 Å². The van der Waals surface area contributed by atoms with Crippen LogP contribution in [0.15, 0.2) is 42.7 Å². The van der Waals surface area contributed by atoms with E-state index in [1.165, 1.54) is 3.57 Å². The summed E-state index contributed by atoms with van der Waals surface area (Å²) in [6.07, 6.45) is 4.13. The van der Waals surface area contributed by atoms with Crippen molar-refractivity contribution < 1.29 is 4.74 Å². The van der Waals surface area contributed by atoms with Crippen LogP contribution in [-0.4, -0.2) is 24.3 Å². The molecule has 0 N–H and O–H groups in total. The standard InChI is InChI=1S/C14H12BIN2O/c1-19-12-4-2-3-10(14(12)15)11-8-18-7-9(16)5-6-13(18)17-11/h2-8H,15H2,1H3. The van der Waals surface area contributed by atoms with Crippen LogP contribution in [0.3, 0.4) is 0 Å². The molecule has 3 nitrogen and oxygen atoms in total. The zero-order chi connectivity index (χ0) is 13.4. The molecule has 94 valence electrons. The van der Waals surface area contributed by atoms with Crippen LogP contribution in [0.4, 0.5) is 0 Å². The van der Waals surface area contributed by atoms with Gasteiger partial charge in [0.25, 0.3) is 0 Å². The number of ether oxygens (including phenoxy) is 1. The summed E-state index contributed by atoms with van der Waals surface area (Å²) in [5.41, 5.74) is 4.15. The fourth-order valence-electron chi connectivity index (χ4n) is 2.21. The van der Waals surface area contributed by atoms with E-state index < -0.39 is 0 Å². The number of fused-ring (bicyclic) bond motifs is 1. The van der Waals surface area contributed by atoms with Crippen molar-refractivity contribution in [1.29, 1.82) is 0 Å². The van der Waals surface area contributed by atoms with Crippen LogP contribution < -0.4 is 10.2 Å². The first kappa shape index (κ1) is 12.5. The smallest absolute Gasteiger partial charge is 0.145 e. The zero-order valence-electron chi connectivity index (χ0n) is 10.7. The van der Waals surface area contributed by atoms with E-state index in [1.54, 1.807) is 7.11 Å². The minimum Gasteiger partial charge on any atom is -0.497 e. The second-order valence-electron chi connectivity index (χ2n) is 4.37. The minimum atomic E-state index is 0.893. The van der Waals surface area contributed by atoms with Crippen LogP contribution in [0, 0.1) is 3.57 Å². The average molecular weight is 362 g/mol. The molecule has 0 bridgehead atoms. The topological polar surface area (TPSA) is 26.5 Å². The normalized spacial score (nSPS) is 10.8. The lowest BCUT2D eigenvalue weighted by Gasteiger charge is -2.08. The number of benzene rings is 1. The monoisotopic (exact) mass is 362 g/mol. The van der Waals surface area contributed by atoms with Crippen LogP contribution in [0.1, 0.15) is 0 Å². The van der Waals surface area contributed by atoms with E-state index in [0.29, 0.717) is 0 Å². The Morgan fingerprint density at radius 2 is 2.05 bits per heavy atom. The van der Waals surface area contributed by atoms with Gasteiger partial charge in [-0.05, 0) is 51.8 Å². The predicted octanol–water partition coefficient (Wildman–Crippen LogP) is 1.87. The Kier molecular flexibility index (Phi) is 3.22. The molecule has 5 heteroatoms. The third kappa shape index (κ3) is 2.23. The molecule has 0 amide bonds. The van der Waals surface area contributed by atoms with Crippen LogP contribution in [0.5, 0.6) is 5.75 Å². The molecule has 19 heavy (non-hydrogen) atoms. The maximum absolute atomic E-state index is 5.36. The number of hydrogen-bond donors (Lipinski definition) is 0. The zero-order valence-corrected chi connectivity index (χ0v) is 12.9. The Morgan fingerprint density at radius 1 is 1.21 bits per heavy atom. The highest BCUT2D eigenvalue weighted by Gasteiger charge is 2.09. The molecule has 0 radical (unpaired) electrons. The Labute approximate surface area is 126 Å². The molecular weight excluding hydrogens is 350 g/mol. The third-order valence-electron chi connectivity index (χ3n) is 3.19. The summed E-state index contributed by atoms with van der Waals surface area (Å²) < 4.78 is 8.61. The maximum atomic E-state index is 5.36. The summed E-state index contributed by atoms with van der Waals surface area (Å²) in [6.45, 7) is 0. The molecule has 0 atom stereocenters. The van der Waals surface area contributed by atoms with Crippen molar-refractivity contribution >= 4 is 41.5 Å². The molecule has 1 aromatic carbocycles. The van der Waals surface area contributed by atoms with Crippen molar-refractivity contribution in [3.8, 4) is 17.0 Å². The van der Waals surface area contributed by atoms with Crippen LogP contribution in [-0.2, 0) is 0 Å². The second kappa shape index (κ2) is 4.88. The number of aromatic nitrogens is 2. The Balaban J connectivity index is 2.19. The molecule has 0 spiro atoms. The van der Waals surface area contributed by atoms with E-state index >= 15 is 0 Å². The van der Waals surface area contributed by atoms with E-state index in [1.807, 2.05) is 18.2 Å². The third-order valence-corrected chi connectivity index (χ3v) is 3.83. The fraction of sp³-hybridized carbons (Fsp3) is 0.0714. The summed E-state index contributed by atoms with van der Waals surface area (Å²) in [5, 5.41) is 0. The summed E-state index contributed by atoms with van der Waals surface area (Å²) >= 11 is 2.30. The van der Waals surface area contributed by atoms with Gasteiger partial charge in [0.1, 0.15) is 19.2 Å². The fourth-order valence-corrected chi connectivity index (χ4v) is 2.69. The average Bonchev–Trinajstić information content (AvgIpc) is 2.81. The molecule has 2 aromatic heterocycles. The van der Waals surface area contributed by atoms with Crippen molar-refractivity contribution in [3.63, 3.8) is 0 Å². The summed E-state index contributed by atoms with van der Waals surface area (Å²) in [5.74, 6) is 0.893. The highest BCUT2D eigenvalue weighted by atomic mass is 127. The van der Waals surface area contributed by atoms with E-state index in [-0.39, 0.29) is 0 Å². The SMILES string of the molecule is Bc1c(OC)cccc1-c1cn2cc(I)ccc2n1. The summed E-state index contributed by atoms with van der Waals surface area (Å²) in [4.78, 5) is 4.66. The van der Waals surface area contributed by atoms with Crippen molar-refractivity contribution in [2.75, 3.05) is 7.11 Å². The van der Waals surface area contributed by atoms with Gasteiger partial charge < -0.3 is 9.14 Å². The van der Waals surface area contributed by atoms with E-state index in [4.69, 9.17) is 4.74 Å². The molecular formula is C14H12BIN2O. The predicted molar refractivity (Wildman–Crippen MR) is 88.1 cm³/mol. The Bertz CT molecular complexity index is 754. The molecule has 2 heterocycles. The first-order valence-corrected chi connectivity index (χ1v) is 7.05. The van der Waals surface area contributed by atoms with E-state index in [9.17, 15) is 0 Å². The first-order valence-electron chi connectivity index (χ1n) is 5.97. The summed E-state index contributed by atoms with van der Waals surface area (Å²) in [6, 6.07) is 10.1. The Hall–Kier alpha value is -1.50. The number of rotatable bonds is 2. The van der Waals surface area contributed by atoms with E-state index in [2.05, 4.69) is 64.3 Å². The highest BCUT2D eigenvalue weighted by molar-refractivity contribution is 14.1. The van der Waals surface area contributed by atoms with Crippen molar-refractivity contribution in [2.45, 2.75) is 0 Å². The number of halogens is 1. The molecule has 3 rings (SSSR count). The van der Waals surface area contributed by atoms with E-state index in [0.717, 1.165) is 28.1 Å². The van der Waals surface area contributed by atoms with Crippen molar-refractivity contribution in [1.82, 2.24) is 9.38 Å². The van der Waals surface area contributed by atoms with Crippen LogP contribution in [0.25, 0.3) is 16.9 Å². The van der Waals surface area contributed by atoms with Gasteiger partial charge in [-0.2, -0.15) is 0 Å². The van der Waals surface area contributed by atoms with Crippen LogP contribution in [0.2, 0.25) is 0 Å². The molecule has 0 unspecified atom stereocenters. The lowest BCUT2D eigenvalue weighted by atomic mass is 9.88. The van der Waals surface area contributed by atoms with Crippen LogP contribution >= 0.6 is 22.6 Å². The number of hydrogen-bond acceptors (Lipinski definition) is 2. The number of pyridine rings is 1. The number of imidazole rings is 1. The van der Waals surface area contributed by atoms with Gasteiger partial charge in [-0.1, -0.05) is 12.1 Å². The largest absolute Gasteiger partial charge is 0.497 e. The number of methoxy groups -OCH3 is 1. The lowest BCUT2D eigenvalue weighted by molar-refractivity contribution is 0.418. The molecule has 0 aliphatic carbocycles. The van der Waals surface area contributed by atoms with Gasteiger partial charge in [0.05, 0.1) is 12.8 Å². The highest BCUT2D eigenvalue weighted by Crippen LogP contribution is 2.21. The van der Waals surface area contributed by atoms with Gasteiger partial charge in [0, 0.05) is 16.0 Å². The first-order chi connectivity index (χ1) is 9.19. The quantitative estimate of drug-likeness (QED) is 0.514. The number of nitrogens with zero attached hydrogens (tertiary/aromatic N) is 2. The molecule has 0 saturated carbocycles. The molecule has 0 fully saturated rings. The van der Waals surface area contributed by atoms with Gasteiger partial charge in [-0.25, -0.2) is 4.98 Å². The minimum absolute atomic E-state index is 0.893. The Morgan fingerprint density at radius 3 is 2.84 bits per heavy atom. The summed E-state index contributed by atoms with van der Waals surface area (Å²) in [7, 11) is 3.75. The van der Waals surface area contributed by atoms with Gasteiger partial charge in [-0.15, -0.1) is 0 Å². The maximum Gasteiger partial charge on any atom is 0.145 e. The molecule has 0 aliphatic rings. The van der Waals surface area contributed by atoms with Crippen molar-refractivity contribution in [2.24, 2.45) is 0 Å². The second-order valence-corrected chi connectivity index (χ2v) is 5.62.